The molecule has 0 spiro atoms. The van der Waals surface area contributed by atoms with Gasteiger partial charge in [0.15, 0.2) is 11.5 Å². The first-order valence-electron chi connectivity index (χ1n) is 13.7. The van der Waals surface area contributed by atoms with Crippen LogP contribution >= 0.6 is 0 Å². The first-order chi connectivity index (χ1) is 18.8. The quantitative estimate of drug-likeness (QED) is 0.381. The first-order valence-corrected chi connectivity index (χ1v) is 13.7. The molecule has 3 aromatic heterocycles. The fourth-order valence-corrected chi connectivity index (χ4v) is 5.55. The topological polar surface area (TPSA) is 102 Å². The highest BCUT2D eigenvalue weighted by Crippen LogP contribution is 2.34. The number of pyridine rings is 2. The van der Waals surface area contributed by atoms with Gasteiger partial charge in [-0.3, -0.25) is 4.57 Å². The highest BCUT2D eigenvalue weighted by molar-refractivity contribution is 5.84. The number of hydrogen-bond acceptors (Lipinski definition) is 7. The second kappa shape index (κ2) is 9.87. The van der Waals surface area contributed by atoms with E-state index in [1.54, 1.807) is 11.1 Å². The Morgan fingerprint density at radius 2 is 1.79 bits per heavy atom. The number of nitrogens with zero attached hydrogens (tertiary/aromatic N) is 6. The Morgan fingerprint density at radius 1 is 1.03 bits per heavy atom. The number of ether oxygens (including phenoxy) is 1. The summed E-state index contributed by atoms with van der Waals surface area (Å²) >= 11 is 0. The molecule has 9 heteroatoms. The third-order valence-electron chi connectivity index (χ3n) is 7.50. The van der Waals surface area contributed by atoms with Gasteiger partial charge in [-0.25, -0.2) is 19.7 Å². The van der Waals surface area contributed by atoms with Crippen LogP contribution in [0.1, 0.15) is 51.5 Å². The van der Waals surface area contributed by atoms with Crippen LogP contribution in [0.5, 0.6) is 0 Å². The fraction of sp³-hybridized carbons (Fsp3) is 0.400. The molecule has 2 N–H and O–H groups in total. The number of hydrogen-bond donors (Lipinski definition) is 1. The van der Waals surface area contributed by atoms with E-state index in [1.165, 1.54) is 18.4 Å². The normalized spacial score (nSPS) is 17.8. The van der Waals surface area contributed by atoms with E-state index in [9.17, 15) is 4.79 Å². The Labute approximate surface area is 228 Å². The maximum Gasteiger partial charge on any atom is 0.410 e. The van der Waals surface area contributed by atoms with Crippen molar-refractivity contribution in [3.8, 4) is 17.1 Å². The molecular weight excluding hydrogens is 490 g/mol. The number of likely N-dealkylation sites (tertiary alicyclic amines) is 1. The molecule has 39 heavy (non-hydrogen) atoms. The van der Waals surface area contributed by atoms with E-state index in [-0.39, 0.29) is 12.0 Å². The summed E-state index contributed by atoms with van der Waals surface area (Å²) in [5, 5.41) is 0. The van der Waals surface area contributed by atoms with Crippen LogP contribution in [0.4, 0.5) is 16.3 Å². The molecule has 9 nitrogen and oxygen atoms in total. The number of imidazole rings is 1. The van der Waals surface area contributed by atoms with Gasteiger partial charge in [-0.05, 0) is 75.9 Å². The number of benzene rings is 1. The van der Waals surface area contributed by atoms with Crippen LogP contribution in [-0.4, -0.2) is 62.3 Å². The van der Waals surface area contributed by atoms with E-state index >= 15 is 0 Å². The SMILES string of the molecule is CC(C)(C)OC(=O)N1CCC(c2ccc(-n3c(-c4cccnc4N)nc4cc(N5CCCC5)cnc43)cc2)C1. The molecule has 0 aliphatic carbocycles. The van der Waals surface area contributed by atoms with Crippen molar-refractivity contribution in [3.63, 3.8) is 0 Å². The molecule has 5 heterocycles. The number of carbonyl (C=O) groups is 1. The van der Waals surface area contributed by atoms with E-state index in [2.05, 4.69) is 44.8 Å². The molecule has 2 aliphatic rings. The van der Waals surface area contributed by atoms with Gasteiger partial charge in [-0.2, -0.15) is 0 Å². The van der Waals surface area contributed by atoms with Crippen molar-refractivity contribution in [1.82, 2.24) is 24.4 Å². The minimum atomic E-state index is -0.497. The van der Waals surface area contributed by atoms with Gasteiger partial charge in [0.05, 0.1) is 17.4 Å². The van der Waals surface area contributed by atoms with Gasteiger partial charge in [0, 0.05) is 44.0 Å². The number of carbonyl (C=O) groups excluding carboxylic acids is 1. The molecule has 1 atom stereocenters. The number of aromatic nitrogens is 4. The van der Waals surface area contributed by atoms with Crippen molar-refractivity contribution in [2.24, 2.45) is 0 Å². The number of anilines is 2. The van der Waals surface area contributed by atoms with Gasteiger partial charge in [-0.1, -0.05) is 12.1 Å². The van der Waals surface area contributed by atoms with E-state index in [4.69, 9.17) is 20.4 Å². The molecule has 2 saturated heterocycles. The predicted molar refractivity (Wildman–Crippen MR) is 153 cm³/mol. The summed E-state index contributed by atoms with van der Waals surface area (Å²) in [7, 11) is 0. The van der Waals surface area contributed by atoms with Gasteiger partial charge < -0.3 is 20.3 Å². The summed E-state index contributed by atoms with van der Waals surface area (Å²) < 4.78 is 7.63. The summed E-state index contributed by atoms with van der Waals surface area (Å²) in [4.78, 5) is 30.9. The Hall–Kier alpha value is -4.14. The standard InChI is InChI=1S/C30H35N7O2/c1-30(2,3)39-29(38)36-16-12-21(19-36)20-8-10-22(11-9-20)37-27(24-7-6-13-32-26(24)31)34-25-17-23(18-33-28(25)37)35-14-4-5-15-35/h6-11,13,17-18,21H,4-5,12,14-16,19H2,1-3H3,(H2,31,32). The van der Waals surface area contributed by atoms with E-state index in [1.807, 2.05) is 39.1 Å². The Morgan fingerprint density at radius 3 is 2.51 bits per heavy atom. The monoisotopic (exact) mass is 525 g/mol. The number of fused-ring (bicyclic) bond motifs is 1. The molecule has 4 aromatic rings. The highest BCUT2D eigenvalue weighted by Gasteiger charge is 2.30. The lowest BCUT2D eigenvalue weighted by Crippen LogP contribution is -2.35. The van der Waals surface area contributed by atoms with E-state index in [0.29, 0.717) is 24.7 Å². The molecule has 0 radical (unpaired) electrons. The summed E-state index contributed by atoms with van der Waals surface area (Å²) in [5.41, 5.74) is 11.4. The van der Waals surface area contributed by atoms with Crippen molar-refractivity contribution in [3.05, 3.63) is 60.4 Å². The lowest BCUT2D eigenvalue weighted by molar-refractivity contribution is 0.0292. The molecule has 6 rings (SSSR count). The molecule has 1 unspecified atom stereocenters. The fourth-order valence-electron chi connectivity index (χ4n) is 5.55. The zero-order chi connectivity index (χ0) is 27.1. The minimum Gasteiger partial charge on any atom is -0.444 e. The summed E-state index contributed by atoms with van der Waals surface area (Å²) in [6.45, 7) is 9.13. The Kier molecular flexibility index (Phi) is 6.37. The second-order valence-corrected chi connectivity index (χ2v) is 11.4. The number of nitrogen functional groups attached to an aromatic ring is 1. The molecule has 2 fully saturated rings. The largest absolute Gasteiger partial charge is 0.444 e. The lowest BCUT2D eigenvalue weighted by Gasteiger charge is -2.24. The second-order valence-electron chi connectivity index (χ2n) is 11.4. The average molecular weight is 526 g/mol. The maximum atomic E-state index is 12.5. The predicted octanol–water partition coefficient (Wildman–Crippen LogP) is 5.39. The van der Waals surface area contributed by atoms with E-state index in [0.717, 1.165) is 47.6 Å². The van der Waals surface area contributed by atoms with Crippen LogP contribution in [0.2, 0.25) is 0 Å². The lowest BCUT2D eigenvalue weighted by atomic mass is 9.98. The van der Waals surface area contributed by atoms with Crippen LogP contribution in [0.15, 0.2) is 54.9 Å². The van der Waals surface area contributed by atoms with Crippen LogP contribution in [0.3, 0.4) is 0 Å². The molecule has 0 saturated carbocycles. The molecular formula is C30H35N7O2. The molecule has 0 bridgehead atoms. The van der Waals surface area contributed by atoms with Crippen molar-refractivity contribution >= 4 is 28.8 Å². The Bertz CT molecular complexity index is 1500. The van der Waals surface area contributed by atoms with Gasteiger partial charge in [0.25, 0.3) is 0 Å². The van der Waals surface area contributed by atoms with Crippen LogP contribution in [0, 0.1) is 0 Å². The van der Waals surface area contributed by atoms with Gasteiger partial charge in [0.1, 0.15) is 16.9 Å². The van der Waals surface area contributed by atoms with Crippen LogP contribution in [-0.2, 0) is 4.74 Å². The first kappa shape index (κ1) is 25.2. The number of rotatable bonds is 4. The molecule has 202 valence electrons. The van der Waals surface area contributed by atoms with Crippen LogP contribution < -0.4 is 10.6 Å². The smallest absolute Gasteiger partial charge is 0.410 e. The third kappa shape index (κ3) is 5.01. The zero-order valence-electron chi connectivity index (χ0n) is 22.8. The van der Waals surface area contributed by atoms with Crippen molar-refractivity contribution in [2.45, 2.75) is 51.6 Å². The van der Waals surface area contributed by atoms with Crippen molar-refractivity contribution < 1.29 is 9.53 Å². The van der Waals surface area contributed by atoms with Crippen LogP contribution in [0.25, 0.3) is 28.2 Å². The molecule has 1 amide bonds. The maximum absolute atomic E-state index is 12.5. The summed E-state index contributed by atoms with van der Waals surface area (Å²) in [6, 6.07) is 14.4. The summed E-state index contributed by atoms with van der Waals surface area (Å²) in [5.74, 6) is 1.41. The molecule has 1 aromatic carbocycles. The van der Waals surface area contributed by atoms with Gasteiger partial charge in [0.2, 0.25) is 0 Å². The average Bonchev–Trinajstić information content (AvgIpc) is 3.68. The van der Waals surface area contributed by atoms with E-state index < -0.39 is 5.60 Å². The van der Waals surface area contributed by atoms with Gasteiger partial charge >= 0.3 is 6.09 Å². The third-order valence-corrected chi connectivity index (χ3v) is 7.50. The number of nitrogens with two attached hydrogens (primary N) is 1. The summed E-state index contributed by atoms with van der Waals surface area (Å²) in [6.07, 6.45) is 6.70. The van der Waals surface area contributed by atoms with Gasteiger partial charge in [-0.15, -0.1) is 0 Å². The Balaban J connectivity index is 1.33. The van der Waals surface area contributed by atoms with Crippen molar-refractivity contribution in [1.29, 1.82) is 0 Å². The van der Waals surface area contributed by atoms with Crippen molar-refractivity contribution in [2.75, 3.05) is 36.8 Å². The highest BCUT2D eigenvalue weighted by atomic mass is 16.6. The number of amides is 1. The molecule has 2 aliphatic heterocycles. The minimum absolute atomic E-state index is 0.246. The zero-order valence-corrected chi connectivity index (χ0v) is 22.8.